The highest BCUT2D eigenvalue weighted by Gasteiger charge is 2.01. The summed E-state index contributed by atoms with van der Waals surface area (Å²) in [6, 6.07) is 0.762. The minimum atomic E-state index is -3.54. The first kappa shape index (κ1) is 2.35. The zero-order valence-corrected chi connectivity index (χ0v) is 7.57. The van der Waals surface area contributed by atoms with E-state index in [0.29, 0.717) is 0 Å². The van der Waals surface area contributed by atoms with E-state index in [-0.39, 0.29) is 10.0 Å². The van der Waals surface area contributed by atoms with Crippen LogP contribution < -0.4 is 0 Å². The van der Waals surface area contributed by atoms with Crippen LogP contribution in [0.1, 0.15) is 41.4 Å². The summed E-state index contributed by atoms with van der Waals surface area (Å²) >= 11 is 2.95. The summed E-state index contributed by atoms with van der Waals surface area (Å²) in [5.41, 5.74) is -1.12. The van der Waals surface area contributed by atoms with E-state index in [2.05, 4.69) is 20.9 Å². The fraction of sp³-hybridized carbons (Fsp3) is 0.500. The van der Waals surface area contributed by atoms with Crippen LogP contribution in [0.25, 0.3) is 0 Å². The van der Waals surface area contributed by atoms with Crippen LogP contribution >= 0.6 is 15.9 Å². The van der Waals surface area contributed by atoms with Gasteiger partial charge in [0.15, 0.2) is 0 Å². The van der Waals surface area contributed by atoms with E-state index < -0.39 is 38.5 Å². The number of aromatic nitrogens is 1. The van der Waals surface area contributed by atoms with Gasteiger partial charge in [0.2, 0.25) is 0 Å². The highest BCUT2D eigenvalue weighted by molar-refractivity contribution is 9.10. The molecular weight excluding hydrogens is 214 g/mol. The van der Waals surface area contributed by atoms with Crippen molar-refractivity contribution in [1.82, 2.24) is 4.98 Å². The van der Waals surface area contributed by atoms with Gasteiger partial charge in [0.1, 0.15) is 0 Å². The topological polar surface area (TPSA) is 12.9 Å². The molecule has 12 heavy (non-hydrogen) atoms. The first-order chi connectivity index (χ1) is 10.4. The van der Waals surface area contributed by atoms with Crippen LogP contribution in [0.4, 0.5) is 0 Å². The average Bonchev–Trinajstić information content (AvgIpc) is 2.33. The van der Waals surface area contributed by atoms with E-state index in [0.717, 1.165) is 12.3 Å². The van der Waals surface area contributed by atoms with Crippen LogP contribution in [0, 0.1) is 12.7 Å². The number of aryl methyl sites for hydroxylation is 1. The third-order valence-electron chi connectivity index (χ3n) is 1.11. The molecule has 2 heteroatoms. The molecule has 0 bridgehead atoms. The number of hydrogen-bond acceptors (Lipinski definition) is 1. The summed E-state index contributed by atoms with van der Waals surface area (Å²) in [6.45, 7) is -9.70. The van der Waals surface area contributed by atoms with Gasteiger partial charge in [0.05, 0.1) is 0 Å². The lowest BCUT2D eigenvalue weighted by molar-refractivity contribution is 0.635. The number of hydrogen-bond donors (Lipinski definition) is 0. The Morgan fingerprint density at radius 1 is 1.83 bits per heavy atom. The van der Waals surface area contributed by atoms with Crippen molar-refractivity contribution >= 4 is 15.9 Å². The normalized spacial score (nSPS) is 30.8. The van der Waals surface area contributed by atoms with Crippen molar-refractivity contribution in [2.24, 2.45) is 5.89 Å². The van der Waals surface area contributed by atoms with Crippen LogP contribution in [0.3, 0.4) is 0 Å². The number of pyridine rings is 1. The molecule has 1 aromatic heterocycles. The number of halogens is 1. The zero-order chi connectivity index (χ0) is 19.4. The molecule has 0 saturated carbocycles. The lowest BCUT2D eigenvalue weighted by atomic mass is 10.1. The van der Waals surface area contributed by atoms with E-state index in [1.54, 1.807) is 0 Å². The van der Waals surface area contributed by atoms with Crippen molar-refractivity contribution in [3.63, 3.8) is 0 Å². The van der Waals surface area contributed by atoms with E-state index >= 15 is 0 Å². The minimum absolute atomic E-state index is 0.0281. The average molecular weight is 240 g/mol. The van der Waals surface area contributed by atoms with Gasteiger partial charge < -0.3 is 0 Å². The zero-order valence-electron chi connectivity index (χ0n) is 18.0. The van der Waals surface area contributed by atoms with Crippen LogP contribution in [-0.4, -0.2) is 4.98 Å². The van der Waals surface area contributed by atoms with Crippen molar-refractivity contribution in [2.45, 2.75) is 26.9 Å². The molecule has 1 aromatic rings. The molecule has 66 valence electrons. The predicted octanol–water partition coefficient (Wildman–Crippen LogP) is 3.35. The fourth-order valence-corrected chi connectivity index (χ4v) is 0.852. The Balaban J connectivity index is 3.70. The fourth-order valence-electron chi connectivity index (χ4n) is 0.635. The summed E-state index contributed by atoms with van der Waals surface area (Å²) in [6.07, 6.45) is -2.33. The van der Waals surface area contributed by atoms with Crippen LogP contribution in [-0.2, 0) is 6.37 Å². The van der Waals surface area contributed by atoms with Gasteiger partial charge in [-0.1, -0.05) is 13.7 Å². The molecule has 0 aliphatic rings. The van der Waals surface area contributed by atoms with Gasteiger partial charge in [0, 0.05) is 32.8 Å². The Morgan fingerprint density at radius 2 is 2.67 bits per heavy atom. The maximum Gasteiger partial charge on any atom is 0.0416 e. The van der Waals surface area contributed by atoms with Crippen molar-refractivity contribution in [3.05, 3.63) is 28.0 Å². The first-order valence-corrected chi connectivity index (χ1v) is 3.83. The van der Waals surface area contributed by atoms with E-state index in [1.165, 1.54) is 0 Å². The second-order valence-electron chi connectivity index (χ2n) is 2.05. The largest absolute Gasteiger partial charge is 0.260 e. The Bertz CT molecular complexity index is 600. The van der Waals surface area contributed by atoms with Crippen molar-refractivity contribution in [3.8, 4) is 0 Å². The molecule has 0 radical (unpaired) electrons. The Labute approximate surface area is 99.2 Å². The first-order valence-electron chi connectivity index (χ1n) is 9.04. The maximum absolute atomic E-state index is 8.00. The Morgan fingerprint density at radius 3 is 3.33 bits per heavy atom. The molecule has 1 nitrogen and oxygen atoms in total. The smallest absolute Gasteiger partial charge is 0.0416 e. The number of rotatable bonds is 2. The Kier molecular flexibility index (Phi) is 0.791. The summed E-state index contributed by atoms with van der Waals surface area (Å²) in [7, 11) is 0. The molecule has 1 heterocycles. The molecule has 0 spiro atoms. The van der Waals surface area contributed by atoms with Crippen molar-refractivity contribution in [2.75, 3.05) is 0 Å². The highest BCUT2D eigenvalue weighted by Crippen LogP contribution is 2.16. The summed E-state index contributed by atoms with van der Waals surface area (Å²) in [4.78, 5) is 3.63. The van der Waals surface area contributed by atoms with Crippen LogP contribution in [0.2, 0.25) is 0 Å². The lowest BCUT2D eigenvalue weighted by Gasteiger charge is -2.05. The molecule has 0 saturated heterocycles. The molecule has 0 N–H and O–H groups in total. The molecule has 0 aliphatic heterocycles. The van der Waals surface area contributed by atoms with Gasteiger partial charge in [-0.05, 0) is 46.7 Å². The predicted molar refractivity (Wildman–Crippen MR) is 55.2 cm³/mol. The summed E-state index contributed by atoms with van der Waals surface area (Å²) in [5.74, 6) is -3.54. The molecule has 0 aromatic carbocycles. The third kappa shape index (κ3) is 2.59. The molecule has 1 rings (SSSR count). The van der Waals surface area contributed by atoms with Crippen molar-refractivity contribution < 1.29 is 16.4 Å². The van der Waals surface area contributed by atoms with Gasteiger partial charge in [-0.2, -0.15) is 0 Å². The molecule has 0 unspecified atom stereocenters. The molecular formula is C10H14BrN. The van der Waals surface area contributed by atoms with Crippen LogP contribution in [0.15, 0.2) is 16.7 Å². The van der Waals surface area contributed by atoms with E-state index in [9.17, 15) is 0 Å². The van der Waals surface area contributed by atoms with E-state index in [1.807, 2.05) is 0 Å². The Hall–Kier alpha value is -0.370. The number of nitrogens with zero attached hydrogens (tertiary/aromatic N) is 1. The van der Waals surface area contributed by atoms with Gasteiger partial charge in [-0.15, -0.1) is 0 Å². The quantitative estimate of drug-likeness (QED) is 0.772. The van der Waals surface area contributed by atoms with Crippen molar-refractivity contribution in [1.29, 1.82) is 0 Å². The minimum Gasteiger partial charge on any atom is -0.260 e. The van der Waals surface area contributed by atoms with Gasteiger partial charge >= 0.3 is 0 Å². The summed E-state index contributed by atoms with van der Waals surface area (Å²) < 4.78 is 90.4. The molecule has 0 fully saturated rings. The van der Waals surface area contributed by atoms with Gasteiger partial charge in [0.25, 0.3) is 0 Å². The standard InChI is InChI=1S/C10H14BrN/c1-7(2)4-9-5-8(3)10(11)6-12-9/h5-7H,4H2,1-3H3/i1D3,2D3,3D3,4D2,7D. The molecule has 0 amide bonds. The second kappa shape index (κ2) is 4.04. The van der Waals surface area contributed by atoms with E-state index in [4.69, 9.17) is 16.4 Å². The summed E-state index contributed by atoms with van der Waals surface area (Å²) in [5, 5.41) is 0. The van der Waals surface area contributed by atoms with Gasteiger partial charge in [-0.3, -0.25) is 4.98 Å². The monoisotopic (exact) mass is 239 g/mol. The molecule has 0 aliphatic carbocycles. The SMILES string of the molecule is [2H]C([2H])([2H])c1cc(C([2H])([2H])C([2H])(C([2H])([2H])[2H])C([2H])([2H])[2H])ncc1Br. The maximum atomic E-state index is 8.00. The lowest BCUT2D eigenvalue weighted by Crippen LogP contribution is -1.97. The third-order valence-corrected chi connectivity index (χ3v) is 1.74. The van der Waals surface area contributed by atoms with Gasteiger partial charge in [-0.25, -0.2) is 0 Å². The second-order valence-corrected chi connectivity index (χ2v) is 2.90. The molecule has 0 atom stereocenters. The highest BCUT2D eigenvalue weighted by atomic mass is 79.9. The van der Waals surface area contributed by atoms with Crippen LogP contribution in [0.5, 0.6) is 0 Å².